The van der Waals surface area contributed by atoms with Gasteiger partial charge in [-0.25, -0.2) is 5.06 Å². The molecule has 2 aliphatic rings. The van der Waals surface area contributed by atoms with E-state index in [-0.39, 0.29) is 23.8 Å². The summed E-state index contributed by atoms with van der Waals surface area (Å²) in [5.74, 6) is 0.0327. The van der Waals surface area contributed by atoms with Crippen LogP contribution in [-0.4, -0.2) is 51.3 Å². The van der Waals surface area contributed by atoms with Crippen LogP contribution in [0.15, 0.2) is 12.3 Å². The van der Waals surface area contributed by atoms with Gasteiger partial charge in [0.2, 0.25) is 11.8 Å². The van der Waals surface area contributed by atoms with Crippen LogP contribution in [0.2, 0.25) is 0 Å². The summed E-state index contributed by atoms with van der Waals surface area (Å²) in [6.45, 7) is 6.12. The fourth-order valence-electron chi connectivity index (χ4n) is 3.17. The van der Waals surface area contributed by atoms with Crippen molar-refractivity contribution < 1.29 is 14.4 Å². The Labute approximate surface area is 136 Å². The van der Waals surface area contributed by atoms with Crippen molar-refractivity contribution in [1.82, 2.24) is 19.7 Å². The lowest BCUT2D eigenvalue weighted by molar-refractivity contribution is -0.198. The van der Waals surface area contributed by atoms with Gasteiger partial charge in [-0.3, -0.25) is 19.1 Å². The molecule has 3 rings (SSSR count). The normalized spacial score (nSPS) is 21.4. The van der Waals surface area contributed by atoms with Crippen molar-refractivity contribution in [2.45, 2.75) is 45.7 Å². The lowest BCUT2D eigenvalue weighted by atomic mass is 10.1. The zero-order chi connectivity index (χ0) is 16.4. The minimum Gasteiger partial charge on any atom is -0.334 e. The van der Waals surface area contributed by atoms with Gasteiger partial charge in [0.1, 0.15) is 0 Å². The summed E-state index contributed by atoms with van der Waals surface area (Å²) in [5.41, 5.74) is 0.975. The Balaban J connectivity index is 1.72. The molecule has 1 aromatic rings. The van der Waals surface area contributed by atoms with Crippen molar-refractivity contribution in [1.29, 1.82) is 0 Å². The maximum absolute atomic E-state index is 12.5. The maximum Gasteiger partial charge on any atom is 0.248 e. The average molecular weight is 320 g/mol. The molecule has 7 heteroatoms. The Morgan fingerprint density at radius 3 is 2.91 bits per heavy atom. The Bertz CT molecular complexity index is 578. The fourth-order valence-corrected chi connectivity index (χ4v) is 3.17. The quantitative estimate of drug-likeness (QED) is 0.843. The van der Waals surface area contributed by atoms with Gasteiger partial charge in [-0.2, -0.15) is 5.10 Å². The number of hydrogen-bond donors (Lipinski definition) is 0. The second-order valence-corrected chi connectivity index (χ2v) is 6.53. The van der Waals surface area contributed by atoms with Crippen molar-refractivity contribution in [2.75, 3.05) is 19.7 Å². The second-order valence-electron chi connectivity index (χ2n) is 6.53. The molecule has 0 radical (unpaired) electrons. The number of hydrogen-bond acceptors (Lipinski definition) is 4. The highest BCUT2D eigenvalue weighted by Gasteiger charge is 2.32. The molecule has 0 saturated carbocycles. The van der Waals surface area contributed by atoms with E-state index in [2.05, 4.69) is 5.10 Å². The molecule has 23 heavy (non-hydrogen) atoms. The largest absolute Gasteiger partial charge is 0.334 e. The topological polar surface area (TPSA) is 67.7 Å². The standard InChI is InChI=1S/C16H24N4O3/c1-12(2)16(22)18-10-13-5-6-17-20(13)14(11-18)9-15(21)19-7-3-4-8-23-19/h5-6,12,14H,3-4,7-11H2,1-2H3/t14-/m1/s1. The van der Waals surface area contributed by atoms with E-state index >= 15 is 0 Å². The van der Waals surface area contributed by atoms with E-state index < -0.39 is 0 Å². The SMILES string of the molecule is CC(C)C(=O)N1Cc2ccnn2[C@H](CC(=O)N2CCCCO2)C1. The summed E-state index contributed by atoms with van der Waals surface area (Å²) in [6, 6.07) is 1.78. The van der Waals surface area contributed by atoms with E-state index in [1.54, 1.807) is 6.20 Å². The zero-order valence-electron chi connectivity index (χ0n) is 13.8. The third-order valence-electron chi connectivity index (χ3n) is 4.38. The third kappa shape index (κ3) is 3.39. The predicted octanol–water partition coefficient (Wildman–Crippen LogP) is 1.37. The lowest BCUT2D eigenvalue weighted by Crippen LogP contribution is -2.45. The van der Waals surface area contributed by atoms with Crippen LogP contribution >= 0.6 is 0 Å². The van der Waals surface area contributed by atoms with Gasteiger partial charge in [-0.05, 0) is 18.9 Å². The van der Waals surface area contributed by atoms with Crippen LogP contribution in [0.1, 0.15) is 44.8 Å². The van der Waals surface area contributed by atoms with Gasteiger partial charge in [0.15, 0.2) is 0 Å². The van der Waals surface area contributed by atoms with Crippen LogP contribution in [0, 0.1) is 5.92 Å². The average Bonchev–Trinajstić information content (AvgIpc) is 3.03. The van der Waals surface area contributed by atoms with Crippen LogP contribution in [0.25, 0.3) is 0 Å². The summed E-state index contributed by atoms with van der Waals surface area (Å²) >= 11 is 0. The summed E-state index contributed by atoms with van der Waals surface area (Å²) in [4.78, 5) is 32.1. The van der Waals surface area contributed by atoms with Crippen LogP contribution in [0.3, 0.4) is 0 Å². The first-order chi connectivity index (χ1) is 11.1. The van der Waals surface area contributed by atoms with E-state index in [4.69, 9.17) is 4.84 Å². The molecule has 7 nitrogen and oxygen atoms in total. The van der Waals surface area contributed by atoms with Gasteiger partial charge in [-0.15, -0.1) is 0 Å². The minimum absolute atomic E-state index is 0.0324. The molecular weight excluding hydrogens is 296 g/mol. The highest BCUT2D eigenvalue weighted by molar-refractivity contribution is 5.79. The Morgan fingerprint density at radius 1 is 1.39 bits per heavy atom. The molecule has 0 bridgehead atoms. The summed E-state index contributed by atoms with van der Waals surface area (Å²) in [6.07, 6.45) is 4.00. The van der Waals surface area contributed by atoms with E-state index in [1.807, 2.05) is 29.5 Å². The number of hydroxylamine groups is 2. The summed E-state index contributed by atoms with van der Waals surface area (Å²) in [7, 11) is 0. The molecule has 1 atom stereocenters. The first kappa shape index (κ1) is 16.0. The maximum atomic E-state index is 12.5. The Hall–Kier alpha value is -1.89. The third-order valence-corrected chi connectivity index (χ3v) is 4.38. The molecule has 0 N–H and O–H groups in total. The molecule has 2 aliphatic heterocycles. The molecule has 0 spiro atoms. The van der Waals surface area contributed by atoms with Crippen molar-refractivity contribution in [3.63, 3.8) is 0 Å². The van der Waals surface area contributed by atoms with Gasteiger partial charge >= 0.3 is 0 Å². The van der Waals surface area contributed by atoms with Crippen LogP contribution in [0.4, 0.5) is 0 Å². The number of carbonyl (C=O) groups is 2. The van der Waals surface area contributed by atoms with Crippen molar-refractivity contribution >= 4 is 11.8 Å². The molecule has 1 aromatic heterocycles. The second kappa shape index (κ2) is 6.70. The van der Waals surface area contributed by atoms with Gasteiger partial charge in [-0.1, -0.05) is 13.8 Å². The van der Waals surface area contributed by atoms with Gasteiger partial charge in [0.05, 0.1) is 31.3 Å². The summed E-state index contributed by atoms with van der Waals surface area (Å²) < 4.78 is 1.88. The van der Waals surface area contributed by atoms with Crippen molar-refractivity contribution in [3.8, 4) is 0 Å². The molecule has 0 aromatic carbocycles. The molecular formula is C16H24N4O3. The van der Waals surface area contributed by atoms with E-state index in [9.17, 15) is 9.59 Å². The summed E-state index contributed by atoms with van der Waals surface area (Å²) in [5, 5.41) is 5.81. The van der Waals surface area contributed by atoms with Gasteiger partial charge in [0.25, 0.3) is 0 Å². The van der Waals surface area contributed by atoms with E-state index in [0.717, 1.165) is 18.5 Å². The number of nitrogens with zero attached hydrogens (tertiary/aromatic N) is 4. The van der Waals surface area contributed by atoms with Crippen LogP contribution in [0.5, 0.6) is 0 Å². The molecule has 0 aliphatic carbocycles. The lowest BCUT2D eigenvalue weighted by Gasteiger charge is -2.35. The monoisotopic (exact) mass is 320 g/mol. The van der Waals surface area contributed by atoms with Crippen LogP contribution in [-0.2, 0) is 21.0 Å². The van der Waals surface area contributed by atoms with E-state index in [0.29, 0.717) is 32.7 Å². The number of aromatic nitrogens is 2. The Kier molecular flexibility index (Phi) is 4.66. The molecule has 126 valence electrons. The smallest absolute Gasteiger partial charge is 0.248 e. The van der Waals surface area contributed by atoms with Gasteiger partial charge in [0, 0.05) is 25.2 Å². The molecule has 1 fully saturated rings. The van der Waals surface area contributed by atoms with Crippen molar-refractivity contribution in [2.24, 2.45) is 5.92 Å². The fraction of sp³-hybridized carbons (Fsp3) is 0.688. The molecule has 3 heterocycles. The minimum atomic E-state index is -0.130. The molecule has 0 unspecified atom stereocenters. The highest BCUT2D eigenvalue weighted by Crippen LogP contribution is 2.25. The molecule has 1 saturated heterocycles. The van der Waals surface area contributed by atoms with Gasteiger partial charge < -0.3 is 4.90 Å². The number of carbonyl (C=O) groups excluding carboxylic acids is 2. The van der Waals surface area contributed by atoms with Crippen molar-refractivity contribution in [3.05, 3.63) is 18.0 Å². The van der Waals surface area contributed by atoms with Crippen LogP contribution < -0.4 is 0 Å². The first-order valence-corrected chi connectivity index (χ1v) is 8.30. The first-order valence-electron chi connectivity index (χ1n) is 8.30. The zero-order valence-corrected chi connectivity index (χ0v) is 13.8. The molecule has 2 amide bonds. The number of amides is 2. The predicted molar refractivity (Wildman–Crippen MR) is 83.0 cm³/mol. The number of rotatable bonds is 3. The highest BCUT2D eigenvalue weighted by atomic mass is 16.7. The Morgan fingerprint density at radius 2 is 2.22 bits per heavy atom. The number of fused-ring (bicyclic) bond motifs is 1. The van der Waals surface area contributed by atoms with E-state index in [1.165, 1.54) is 5.06 Å².